The number of methoxy groups -OCH3 is 1. The summed E-state index contributed by atoms with van der Waals surface area (Å²) in [6, 6.07) is 20.2. The van der Waals surface area contributed by atoms with Crippen molar-refractivity contribution in [3.05, 3.63) is 89.0 Å². The van der Waals surface area contributed by atoms with Crippen molar-refractivity contribution in [2.75, 3.05) is 30.5 Å². The zero-order chi connectivity index (χ0) is 36.1. The molecule has 1 spiro atoms. The average molecular weight is 715 g/mol. The Balaban J connectivity index is 1.17. The van der Waals surface area contributed by atoms with E-state index >= 15 is 4.11 Å². The summed E-state index contributed by atoms with van der Waals surface area (Å²) < 4.78 is 28.9. The Kier molecular flexibility index (Phi) is 9.55. The number of carbonyl (C=O) groups excluding carboxylic acids is 3. The predicted molar refractivity (Wildman–Crippen MR) is 195 cm³/mol. The van der Waals surface area contributed by atoms with Crippen LogP contribution in [0, 0.1) is 5.92 Å². The van der Waals surface area contributed by atoms with Crippen molar-refractivity contribution in [2.24, 2.45) is 5.92 Å². The van der Waals surface area contributed by atoms with Crippen molar-refractivity contribution in [1.29, 1.82) is 0 Å². The molecule has 10 nitrogen and oxygen atoms in total. The third kappa shape index (κ3) is 6.36. The highest BCUT2D eigenvalue weighted by atomic mass is 28.4. The number of anilines is 2. The fourth-order valence-electron chi connectivity index (χ4n) is 8.86. The normalized spacial score (nSPS) is 27.1. The summed E-state index contributed by atoms with van der Waals surface area (Å²) in [6.07, 6.45) is 1.35. The van der Waals surface area contributed by atoms with Gasteiger partial charge in [0.2, 0.25) is 20.2 Å². The highest BCUT2D eigenvalue weighted by molar-refractivity contribution is 6.72. The number of ether oxygens (including phenoxy) is 2. The summed E-state index contributed by atoms with van der Waals surface area (Å²) >= 11 is 0. The number of nitrogens with one attached hydrogen (secondary N) is 2. The van der Waals surface area contributed by atoms with Gasteiger partial charge in [0.05, 0.1) is 50.6 Å². The molecule has 270 valence electrons. The van der Waals surface area contributed by atoms with Crippen molar-refractivity contribution >= 4 is 37.5 Å². The summed E-state index contributed by atoms with van der Waals surface area (Å²) in [6.45, 7) is 6.33. The molecule has 0 unspecified atom stereocenters. The van der Waals surface area contributed by atoms with Gasteiger partial charge in [0, 0.05) is 29.3 Å². The standard InChI is InChI=1S/C39H47FN4O6Si/c1-24-36(51(3,4)40)34(20-35(46)43-22-27-9-6-5-8-26(27)18-29(43)23-45)50-39(24)31-19-30(49-2)15-16-33(31)44(38(39)48)21-25-11-13-28(14-12-25)42-37(47)32-10-7-17-41-32/h5-6,8-9,11-16,19,24,29,32,34,36,41,45H,7,10,17-18,20-23H2,1-4H3,(H,42,47)/t24-,29+,32-,34+,36-,39+/m1/s1. The Hall–Kier alpha value is -4.10. The Morgan fingerprint density at radius 2 is 1.86 bits per heavy atom. The molecule has 6 atom stereocenters. The van der Waals surface area contributed by atoms with Gasteiger partial charge < -0.3 is 39.1 Å². The molecule has 0 saturated carbocycles. The molecule has 3 aromatic carbocycles. The quantitative estimate of drug-likeness (QED) is 0.210. The summed E-state index contributed by atoms with van der Waals surface area (Å²) in [4.78, 5) is 45.0. The third-order valence-electron chi connectivity index (χ3n) is 11.4. The van der Waals surface area contributed by atoms with Crippen molar-refractivity contribution in [2.45, 2.75) is 88.1 Å². The lowest BCUT2D eigenvalue weighted by Crippen LogP contribution is -2.48. The van der Waals surface area contributed by atoms with E-state index in [1.165, 1.54) is 0 Å². The molecule has 2 saturated heterocycles. The molecule has 51 heavy (non-hydrogen) atoms. The van der Waals surface area contributed by atoms with Crippen molar-refractivity contribution < 1.29 is 33.1 Å². The van der Waals surface area contributed by atoms with Gasteiger partial charge in [-0.2, -0.15) is 0 Å². The number of fused-ring (bicyclic) bond motifs is 3. The molecule has 3 N–H and O–H groups in total. The van der Waals surface area contributed by atoms with Gasteiger partial charge in [-0.3, -0.25) is 14.4 Å². The molecule has 7 rings (SSSR count). The van der Waals surface area contributed by atoms with E-state index in [1.54, 1.807) is 42.1 Å². The van der Waals surface area contributed by atoms with Crippen molar-refractivity contribution in [1.82, 2.24) is 10.2 Å². The number of aliphatic hydroxyl groups is 1. The molecular formula is C39H47FN4O6Si. The topological polar surface area (TPSA) is 120 Å². The number of halogens is 1. The molecule has 4 heterocycles. The van der Waals surface area contributed by atoms with Crippen LogP contribution in [0.4, 0.5) is 15.5 Å². The minimum Gasteiger partial charge on any atom is -0.497 e. The number of rotatable bonds is 9. The molecule has 0 bridgehead atoms. The minimum atomic E-state index is -3.53. The smallest absolute Gasteiger partial charge is 0.264 e. The van der Waals surface area contributed by atoms with Gasteiger partial charge in [0.15, 0.2) is 5.60 Å². The summed E-state index contributed by atoms with van der Waals surface area (Å²) in [5.74, 6) is -0.638. The zero-order valence-corrected chi connectivity index (χ0v) is 30.7. The van der Waals surface area contributed by atoms with E-state index in [-0.39, 0.29) is 43.3 Å². The van der Waals surface area contributed by atoms with Gasteiger partial charge in [0.25, 0.3) is 5.91 Å². The highest BCUT2D eigenvalue weighted by Gasteiger charge is 2.67. The highest BCUT2D eigenvalue weighted by Crippen LogP contribution is 2.60. The van der Waals surface area contributed by atoms with Crippen LogP contribution >= 0.6 is 0 Å². The van der Waals surface area contributed by atoms with Gasteiger partial charge in [-0.05, 0) is 85.9 Å². The van der Waals surface area contributed by atoms with Crippen molar-refractivity contribution in [3.63, 3.8) is 0 Å². The first kappa shape index (κ1) is 35.3. The lowest BCUT2D eigenvalue weighted by molar-refractivity contribution is -0.151. The molecule has 4 aliphatic heterocycles. The number of carbonyl (C=O) groups is 3. The Morgan fingerprint density at radius 1 is 1.12 bits per heavy atom. The lowest BCUT2D eigenvalue weighted by atomic mass is 9.82. The number of aliphatic hydroxyl groups excluding tert-OH is 1. The SMILES string of the molecule is COc1ccc2c(c1)[C@]1(O[C@@H](CC(=O)N3Cc4ccccc4C[C@H]3CO)[C@H]([Si](C)(C)F)[C@H]1C)C(=O)N2Cc1ccc(NC(=O)[C@H]2CCCN2)cc1. The molecule has 2 fully saturated rings. The Bertz CT molecular complexity index is 1810. The van der Waals surface area contributed by atoms with E-state index in [9.17, 15) is 19.5 Å². The Morgan fingerprint density at radius 3 is 2.53 bits per heavy atom. The maximum Gasteiger partial charge on any atom is 0.264 e. The first-order chi connectivity index (χ1) is 24.4. The molecule has 3 amide bonds. The molecule has 0 aliphatic carbocycles. The summed E-state index contributed by atoms with van der Waals surface area (Å²) in [5, 5.41) is 16.4. The second-order valence-electron chi connectivity index (χ2n) is 14.9. The largest absolute Gasteiger partial charge is 0.497 e. The van der Waals surface area contributed by atoms with Gasteiger partial charge in [-0.25, -0.2) is 0 Å². The number of amides is 3. The molecule has 4 aliphatic rings. The number of hydrogen-bond acceptors (Lipinski definition) is 7. The number of benzene rings is 3. The van der Waals surface area contributed by atoms with Crippen molar-refractivity contribution in [3.8, 4) is 5.75 Å². The van der Waals surface area contributed by atoms with Crippen LogP contribution < -0.4 is 20.3 Å². The van der Waals surface area contributed by atoms with E-state index in [2.05, 4.69) is 10.6 Å². The van der Waals surface area contributed by atoms with Crippen LogP contribution in [0.5, 0.6) is 5.75 Å². The first-order valence-corrected chi connectivity index (χ1v) is 20.9. The van der Waals surface area contributed by atoms with Gasteiger partial charge >= 0.3 is 0 Å². The monoisotopic (exact) mass is 714 g/mol. The number of nitrogens with zero attached hydrogens (tertiary/aromatic N) is 2. The van der Waals surface area contributed by atoms with Crippen LogP contribution in [0.2, 0.25) is 18.6 Å². The van der Waals surface area contributed by atoms with Crippen LogP contribution in [-0.2, 0) is 44.2 Å². The minimum absolute atomic E-state index is 0.0638. The fourth-order valence-corrected chi connectivity index (χ4v) is 11.3. The third-order valence-corrected chi connectivity index (χ3v) is 13.8. The number of hydrogen-bond donors (Lipinski definition) is 3. The second kappa shape index (κ2) is 13.8. The van der Waals surface area contributed by atoms with E-state index in [4.69, 9.17) is 9.47 Å². The zero-order valence-electron chi connectivity index (χ0n) is 29.7. The predicted octanol–water partition coefficient (Wildman–Crippen LogP) is 5.04. The Labute approximate surface area is 299 Å². The maximum absolute atomic E-state index is 16.5. The molecule has 3 aromatic rings. The van der Waals surface area contributed by atoms with E-state index < -0.39 is 37.6 Å². The summed E-state index contributed by atoms with van der Waals surface area (Å²) in [7, 11) is -1.97. The lowest BCUT2D eigenvalue weighted by Gasteiger charge is -2.37. The molecule has 0 radical (unpaired) electrons. The molecule has 0 aromatic heterocycles. The van der Waals surface area contributed by atoms with Gasteiger partial charge in [0.1, 0.15) is 5.75 Å². The first-order valence-electron chi connectivity index (χ1n) is 17.9. The van der Waals surface area contributed by atoms with E-state index in [0.717, 1.165) is 36.1 Å². The van der Waals surface area contributed by atoms with Gasteiger partial charge in [-0.15, -0.1) is 0 Å². The maximum atomic E-state index is 16.5. The second-order valence-corrected chi connectivity index (χ2v) is 18.7. The fraction of sp³-hybridized carbons (Fsp3) is 0.462. The van der Waals surface area contributed by atoms with Crippen LogP contribution in [0.15, 0.2) is 66.7 Å². The van der Waals surface area contributed by atoms with Gasteiger partial charge in [-0.1, -0.05) is 43.3 Å². The van der Waals surface area contributed by atoms with Crippen LogP contribution in [0.25, 0.3) is 0 Å². The van der Waals surface area contributed by atoms with Crippen LogP contribution in [-0.4, -0.2) is 74.6 Å². The van der Waals surface area contributed by atoms with E-state index in [1.807, 2.05) is 61.5 Å². The van der Waals surface area contributed by atoms with Crippen LogP contribution in [0.1, 0.15) is 48.4 Å². The molecule has 12 heteroatoms. The summed E-state index contributed by atoms with van der Waals surface area (Å²) in [5.41, 5.74) is 2.70. The van der Waals surface area contributed by atoms with E-state index in [0.29, 0.717) is 35.7 Å². The molecular weight excluding hydrogens is 668 g/mol. The van der Waals surface area contributed by atoms with Crippen LogP contribution in [0.3, 0.4) is 0 Å². The average Bonchev–Trinajstić information content (AvgIpc) is 3.82.